The second-order valence-electron chi connectivity index (χ2n) is 8.54. The molecule has 0 radical (unpaired) electrons. The molecule has 29 heavy (non-hydrogen) atoms. The lowest BCUT2D eigenvalue weighted by molar-refractivity contribution is -0.135. The van der Waals surface area contributed by atoms with Crippen molar-refractivity contribution >= 4 is 17.7 Å². The van der Waals surface area contributed by atoms with Crippen molar-refractivity contribution in [3.8, 4) is 16.9 Å². The molecule has 2 aliphatic rings. The second kappa shape index (κ2) is 8.41. The maximum Gasteiger partial charge on any atom is 0.223 e. The minimum absolute atomic E-state index is 0.00378. The summed E-state index contributed by atoms with van der Waals surface area (Å²) >= 11 is 1.75. The van der Waals surface area contributed by atoms with E-state index in [1.807, 2.05) is 0 Å². The number of thioether (sulfide) groups is 1. The Morgan fingerprint density at radius 2 is 1.93 bits per heavy atom. The van der Waals surface area contributed by atoms with Gasteiger partial charge in [-0.05, 0) is 73.9 Å². The fraction of sp³-hybridized carbons (Fsp3) is 0.458. The van der Waals surface area contributed by atoms with E-state index in [0.29, 0.717) is 13.2 Å². The fourth-order valence-corrected chi connectivity index (χ4v) is 4.62. The number of nitrogens with one attached hydrogen (secondary N) is 1. The molecule has 4 nitrogen and oxygen atoms in total. The van der Waals surface area contributed by atoms with E-state index in [-0.39, 0.29) is 23.5 Å². The summed E-state index contributed by atoms with van der Waals surface area (Å²) in [5.41, 5.74) is 3.41. The minimum atomic E-state index is -0.217. The predicted molar refractivity (Wildman–Crippen MR) is 118 cm³/mol. The van der Waals surface area contributed by atoms with Gasteiger partial charge in [0.1, 0.15) is 11.9 Å². The van der Waals surface area contributed by atoms with Crippen LogP contribution in [0.4, 0.5) is 0 Å². The second-order valence-corrected chi connectivity index (χ2v) is 9.42. The van der Waals surface area contributed by atoms with Gasteiger partial charge in [-0.2, -0.15) is 0 Å². The molecule has 1 saturated heterocycles. The van der Waals surface area contributed by atoms with E-state index in [1.54, 1.807) is 11.8 Å². The smallest absolute Gasteiger partial charge is 0.223 e. The molecule has 2 aromatic rings. The normalized spacial score (nSPS) is 22.6. The van der Waals surface area contributed by atoms with Crippen LogP contribution in [0.1, 0.15) is 32.3 Å². The van der Waals surface area contributed by atoms with Gasteiger partial charge >= 0.3 is 0 Å². The molecule has 5 heteroatoms. The third kappa shape index (κ3) is 4.78. The molecule has 154 valence electrons. The Labute approximate surface area is 177 Å². The Kier molecular flexibility index (Phi) is 5.88. The average molecular weight is 412 g/mol. The van der Waals surface area contributed by atoms with Crippen molar-refractivity contribution in [2.75, 3.05) is 19.4 Å². The third-order valence-corrected chi connectivity index (χ3v) is 6.54. The zero-order chi connectivity index (χ0) is 20.4. The molecule has 0 bridgehead atoms. The van der Waals surface area contributed by atoms with Crippen molar-refractivity contribution < 1.29 is 14.3 Å². The number of rotatable bonds is 5. The SMILES string of the molecule is CSc1ccc(-c2ccc3c(c2)CC(CNC(=O)C2CCOC(C)(C)C2)O3)cc1. The average Bonchev–Trinajstić information content (AvgIpc) is 3.13. The van der Waals surface area contributed by atoms with Gasteiger partial charge in [-0.15, -0.1) is 11.8 Å². The molecule has 2 heterocycles. The van der Waals surface area contributed by atoms with E-state index in [9.17, 15) is 4.79 Å². The number of fused-ring (bicyclic) bond motifs is 1. The van der Waals surface area contributed by atoms with Gasteiger partial charge in [-0.3, -0.25) is 4.79 Å². The summed E-state index contributed by atoms with van der Waals surface area (Å²) in [5, 5.41) is 3.10. The number of benzene rings is 2. The summed E-state index contributed by atoms with van der Waals surface area (Å²) in [4.78, 5) is 13.8. The summed E-state index contributed by atoms with van der Waals surface area (Å²) < 4.78 is 11.8. The summed E-state index contributed by atoms with van der Waals surface area (Å²) in [6, 6.07) is 15.0. The van der Waals surface area contributed by atoms with Crippen LogP contribution in [0.15, 0.2) is 47.4 Å². The molecule has 2 atom stereocenters. The zero-order valence-electron chi connectivity index (χ0n) is 17.4. The largest absolute Gasteiger partial charge is 0.488 e. The molecule has 0 aliphatic carbocycles. The number of hydrogen-bond acceptors (Lipinski definition) is 4. The van der Waals surface area contributed by atoms with Crippen molar-refractivity contribution in [2.45, 2.75) is 49.7 Å². The van der Waals surface area contributed by atoms with Crippen LogP contribution in [0, 0.1) is 5.92 Å². The van der Waals surface area contributed by atoms with Crippen LogP contribution < -0.4 is 10.1 Å². The molecule has 1 amide bonds. The molecule has 2 aromatic carbocycles. The zero-order valence-corrected chi connectivity index (χ0v) is 18.2. The van der Waals surface area contributed by atoms with Crippen LogP contribution in [0.25, 0.3) is 11.1 Å². The fourth-order valence-electron chi connectivity index (χ4n) is 4.21. The summed E-state index contributed by atoms with van der Waals surface area (Å²) in [7, 11) is 0. The van der Waals surface area contributed by atoms with Crippen molar-refractivity contribution in [2.24, 2.45) is 5.92 Å². The first kappa shape index (κ1) is 20.3. The van der Waals surface area contributed by atoms with Crippen molar-refractivity contribution in [1.82, 2.24) is 5.32 Å². The summed E-state index contributed by atoms with van der Waals surface area (Å²) in [6.45, 7) is 5.30. The summed E-state index contributed by atoms with van der Waals surface area (Å²) in [5.74, 6) is 1.08. The number of amides is 1. The number of carbonyl (C=O) groups excluding carboxylic acids is 1. The third-order valence-electron chi connectivity index (χ3n) is 5.80. The van der Waals surface area contributed by atoms with Gasteiger partial charge < -0.3 is 14.8 Å². The molecular weight excluding hydrogens is 382 g/mol. The monoisotopic (exact) mass is 411 g/mol. The van der Waals surface area contributed by atoms with Gasteiger partial charge in [0.15, 0.2) is 0 Å². The first-order valence-corrected chi connectivity index (χ1v) is 11.5. The van der Waals surface area contributed by atoms with Gasteiger partial charge in [-0.25, -0.2) is 0 Å². The van der Waals surface area contributed by atoms with E-state index in [1.165, 1.54) is 21.6 Å². The van der Waals surface area contributed by atoms with Gasteiger partial charge in [0, 0.05) is 23.8 Å². The number of carbonyl (C=O) groups is 1. The summed E-state index contributed by atoms with van der Waals surface area (Å²) in [6.07, 6.45) is 4.47. The quantitative estimate of drug-likeness (QED) is 0.725. The van der Waals surface area contributed by atoms with E-state index in [4.69, 9.17) is 9.47 Å². The molecule has 0 aromatic heterocycles. The highest BCUT2D eigenvalue weighted by molar-refractivity contribution is 7.98. The van der Waals surface area contributed by atoms with E-state index in [0.717, 1.165) is 25.0 Å². The van der Waals surface area contributed by atoms with E-state index in [2.05, 4.69) is 67.9 Å². The van der Waals surface area contributed by atoms with Crippen LogP contribution >= 0.6 is 11.8 Å². The van der Waals surface area contributed by atoms with Gasteiger partial charge in [-0.1, -0.05) is 18.2 Å². The Morgan fingerprint density at radius 1 is 1.17 bits per heavy atom. The van der Waals surface area contributed by atoms with Crippen LogP contribution in [0.5, 0.6) is 5.75 Å². The van der Waals surface area contributed by atoms with Gasteiger partial charge in [0.05, 0.1) is 12.1 Å². The molecule has 2 unspecified atom stereocenters. The van der Waals surface area contributed by atoms with Gasteiger partial charge in [0.25, 0.3) is 0 Å². The maximum atomic E-state index is 12.6. The maximum absolute atomic E-state index is 12.6. The Morgan fingerprint density at radius 3 is 2.66 bits per heavy atom. The molecule has 2 aliphatic heterocycles. The Balaban J connectivity index is 1.34. The van der Waals surface area contributed by atoms with Crippen LogP contribution in [0.2, 0.25) is 0 Å². The first-order valence-electron chi connectivity index (χ1n) is 10.3. The highest BCUT2D eigenvalue weighted by Gasteiger charge is 2.33. The van der Waals surface area contributed by atoms with Crippen molar-refractivity contribution in [1.29, 1.82) is 0 Å². The Hall–Kier alpha value is -1.98. The molecule has 1 N–H and O–H groups in total. The van der Waals surface area contributed by atoms with Crippen molar-refractivity contribution in [3.63, 3.8) is 0 Å². The standard InChI is InChI=1S/C24H29NO3S/c1-24(2)14-18(10-11-27-24)23(26)25-15-20-13-19-12-17(6-9-22(19)28-20)16-4-7-21(29-3)8-5-16/h4-9,12,18,20H,10-11,13-15H2,1-3H3,(H,25,26). The number of hydrogen-bond donors (Lipinski definition) is 1. The molecular formula is C24H29NO3S. The predicted octanol–water partition coefficient (Wildman–Crippen LogP) is 4.70. The van der Waals surface area contributed by atoms with E-state index >= 15 is 0 Å². The lowest BCUT2D eigenvalue weighted by Crippen LogP contribution is -2.43. The van der Waals surface area contributed by atoms with E-state index < -0.39 is 0 Å². The Bertz CT molecular complexity index is 878. The molecule has 1 fully saturated rings. The lowest BCUT2D eigenvalue weighted by atomic mass is 9.88. The minimum Gasteiger partial charge on any atom is -0.488 e. The lowest BCUT2D eigenvalue weighted by Gasteiger charge is -2.34. The highest BCUT2D eigenvalue weighted by atomic mass is 32.2. The molecule has 4 rings (SSSR count). The van der Waals surface area contributed by atoms with Crippen molar-refractivity contribution in [3.05, 3.63) is 48.0 Å². The van der Waals surface area contributed by atoms with Crippen LogP contribution in [-0.2, 0) is 16.0 Å². The van der Waals surface area contributed by atoms with Crippen LogP contribution in [0.3, 0.4) is 0 Å². The topological polar surface area (TPSA) is 47.6 Å². The highest BCUT2D eigenvalue weighted by Crippen LogP contribution is 2.34. The van der Waals surface area contributed by atoms with Crippen LogP contribution in [-0.4, -0.2) is 37.0 Å². The molecule has 0 saturated carbocycles. The van der Waals surface area contributed by atoms with Gasteiger partial charge in [0.2, 0.25) is 5.91 Å². The number of ether oxygens (including phenoxy) is 2. The molecule has 0 spiro atoms. The first-order chi connectivity index (χ1) is 13.9.